The first-order valence-electron chi connectivity index (χ1n) is 11.5. The second kappa shape index (κ2) is 10.6. The van der Waals surface area contributed by atoms with Gasteiger partial charge in [-0.25, -0.2) is 0 Å². The summed E-state index contributed by atoms with van der Waals surface area (Å²) in [6.45, 7) is 2.17. The topological polar surface area (TPSA) is 94.8 Å². The maximum atomic E-state index is 11.1. The van der Waals surface area contributed by atoms with Crippen LogP contribution in [0.1, 0.15) is 110 Å². The van der Waals surface area contributed by atoms with Gasteiger partial charge in [0.2, 0.25) is 0 Å². The van der Waals surface area contributed by atoms with Crippen molar-refractivity contribution in [3.63, 3.8) is 0 Å². The van der Waals surface area contributed by atoms with Gasteiger partial charge in [-0.2, -0.15) is 0 Å². The molecular formula is C23H40O5. The Morgan fingerprint density at radius 3 is 1.61 bits per heavy atom. The maximum Gasteiger partial charge on any atom is 0.303 e. The molecule has 0 aromatic heterocycles. The highest BCUT2D eigenvalue weighted by atomic mass is 16.4. The van der Waals surface area contributed by atoms with Crippen LogP contribution < -0.4 is 0 Å². The second-order valence-corrected chi connectivity index (χ2v) is 9.50. The largest absolute Gasteiger partial charge is 0.481 e. The van der Waals surface area contributed by atoms with Gasteiger partial charge in [-0.15, -0.1) is 0 Å². The van der Waals surface area contributed by atoms with E-state index in [0.717, 1.165) is 77.0 Å². The molecule has 1 atom stereocenters. The van der Waals surface area contributed by atoms with Crippen LogP contribution >= 0.6 is 0 Å². The Morgan fingerprint density at radius 1 is 0.786 bits per heavy atom. The van der Waals surface area contributed by atoms with Gasteiger partial charge < -0.3 is 15.3 Å². The zero-order valence-corrected chi connectivity index (χ0v) is 17.6. The van der Waals surface area contributed by atoms with Crippen LogP contribution in [0.3, 0.4) is 0 Å². The third-order valence-corrected chi connectivity index (χ3v) is 7.36. The van der Waals surface area contributed by atoms with Crippen molar-refractivity contribution in [2.24, 2.45) is 16.7 Å². The summed E-state index contributed by atoms with van der Waals surface area (Å²) in [6.07, 6.45) is 14.4. The highest BCUT2D eigenvalue weighted by Gasteiger charge is 2.60. The van der Waals surface area contributed by atoms with Crippen molar-refractivity contribution in [2.45, 2.75) is 116 Å². The molecule has 28 heavy (non-hydrogen) atoms. The van der Waals surface area contributed by atoms with Gasteiger partial charge in [0.05, 0.1) is 6.10 Å². The zero-order valence-electron chi connectivity index (χ0n) is 17.6. The lowest BCUT2D eigenvalue weighted by Gasteiger charge is -2.35. The van der Waals surface area contributed by atoms with Crippen LogP contribution in [0.4, 0.5) is 0 Å². The maximum absolute atomic E-state index is 11.1. The van der Waals surface area contributed by atoms with Gasteiger partial charge in [0, 0.05) is 12.8 Å². The zero-order chi connectivity index (χ0) is 20.6. The minimum Gasteiger partial charge on any atom is -0.481 e. The van der Waals surface area contributed by atoms with E-state index in [9.17, 15) is 14.7 Å². The van der Waals surface area contributed by atoms with Crippen molar-refractivity contribution < 1.29 is 24.9 Å². The smallest absolute Gasteiger partial charge is 0.303 e. The van der Waals surface area contributed by atoms with Gasteiger partial charge in [-0.3, -0.25) is 9.59 Å². The highest BCUT2D eigenvalue weighted by molar-refractivity contribution is 5.67. The fourth-order valence-electron chi connectivity index (χ4n) is 5.34. The molecule has 0 spiro atoms. The van der Waals surface area contributed by atoms with E-state index >= 15 is 0 Å². The molecule has 2 rings (SSSR count). The van der Waals surface area contributed by atoms with E-state index < -0.39 is 11.9 Å². The van der Waals surface area contributed by atoms with Gasteiger partial charge in [-0.05, 0) is 74.5 Å². The molecule has 162 valence electrons. The Balaban J connectivity index is 1.87. The van der Waals surface area contributed by atoms with Crippen molar-refractivity contribution in [3.8, 4) is 0 Å². The summed E-state index contributed by atoms with van der Waals surface area (Å²) in [7, 11) is 0. The molecule has 1 unspecified atom stereocenters. The fourth-order valence-corrected chi connectivity index (χ4v) is 5.34. The van der Waals surface area contributed by atoms with Crippen LogP contribution in [0.5, 0.6) is 0 Å². The van der Waals surface area contributed by atoms with E-state index in [0.29, 0.717) is 5.92 Å². The number of hydrogen-bond donors (Lipinski definition) is 3. The summed E-state index contributed by atoms with van der Waals surface area (Å²) in [5.41, 5.74) is 0.264. The Bertz CT molecular complexity index is 473. The van der Waals surface area contributed by atoms with Gasteiger partial charge >= 0.3 is 11.9 Å². The van der Waals surface area contributed by atoms with Gasteiger partial charge in [0.15, 0.2) is 0 Å². The number of aliphatic carboxylic acids is 2. The Kier molecular flexibility index (Phi) is 8.79. The number of aliphatic hydroxyl groups excluding tert-OH is 1. The van der Waals surface area contributed by atoms with E-state index in [1.165, 1.54) is 12.8 Å². The normalized spacial score (nSPS) is 20.1. The van der Waals surface area contributed by atoms with E-state index in [1.807, 2.05) is 0 Å². The Morgan fingerprint density at radius 2 is 1.21 bits per heavy atom. The van der Waals surface area contributed by atoms with Crippen LogP contribution in [-0.2, 0) is 9.59 Å². The fraction of sp³-hybridized carbons (Fsp3) is 0.913. The highest BCUT2D eigenvalue weighted by Crippen LogP contribution is 2.70. The van der Waals surface area contributed by atoms with Crippen LogP contribution in [-0.4, -0.2) is 33.4 Å². The van der Waals surface area contributed by atoms with E-state index in [1.54, 1.807) is 0 Å². The molecule has 2 aliphatic carbocycles. The molecule has 2 fully saturated rings. The molecule has 0 bridgehead atoms. The average Bonchev–Trinajstić information content (AvgIpc) is 3.55. The number of carboxylic acids is 2. The predicted octanol–water partition coefficient (Wildman–Crippen LogP) is 5.39. The molecule has 0 aromatic rings. The van der Waals surface area contributed by atoms with Crippen molar-refractivity contribution in [3.05, 3.63) is 0 Å². The van der Waals surface area contributed by atoms with Crippen LogP contribution in [0, 0.1) is 16.7 Å². The van der Waals surface area contributed by atoms with E-state index in [2.05, 4.69) is 6.92 Å². The molecular weight excluding hydrogens is 356 g/mol. The Hall–Kier alpha value is -1.10. The van der Waals surface area contributed by atoms with Gasteiger partial charge in [0.25, 0.3) is 0 Å². The number of carboxylic acid groups (broad SMARTS) is 2. The number of carbonyl (C=O) groups is 2. The summed E-state index contributed by atoms with van der Waals surface area (Å²) < 4.78 is 0. The van der Waals surface area contributed by atoms with Crippen molar-refractivity contribution >= 4 is 11.9 Å². The molecule has 3 N–H and O–H groups in total. The number of unbranched alkanes of at least 4 members (excludes halogenated alkanes) is 3. The number of hydrogen-bond acceptors (Lipinski definition) is 3. The number of aliphatic hydroxyl groups is 1. The third-order valence-electron chi connectivity index (χ3n) is 7.36. The molecule has 0 heterocycles. The summed E-state index contributed by atoms with van der Waals surface area (Å²) in [6, 6.07) is 0. The molecule has 2 saturated carbocycles. The number of rotatable bonds is 17. The summed E-state index contributed by atoms with van der Waals surface area (Å²) >= 11 is 0. The first kappa shape index (κ1) is 23.2. The minimum atomic E-state index is -0.726. The Labute approximate surface area is 169 Å². The van der Waals surface area contributed by atoms with Crippen LogP contribution in [0.2, 0.25) is 0 Å². The SMILES string of the molecule is CCCCCC(O)CCCCC(C1(CCC(=O)O)CC1)C1(CCC(=O)O)CC1. The molecule has 0 aliphatic heterocycles. The minimum absolute atomic E-state index is 0.132. The molecule has 0 amide bonds. The molecule has 0 aromatic carbocycles. The van der Waals surface area contributed by atoms with Crippen molar-refractivity contribution in [2.75, 3.05) is 0 Å². The molecule has 2 aliphatic rings. The van der Waals surface area contributed by atoms with Crippen LogP contribution in [0.25, 0.3) is 0 Å². The van der Waals surface area contributed by atoms with Gasteiger partial charge in [-0.1, -0.05) is 39.0 Å². The monoisotopic (exact) mass is 396 g/mol. The van der Waals surface area contributed by atoms with Crippen molar-refractivity contribution in [1.29, 1.82) is 0 Å². The van der Waals surface area contributed by atoms with E-state index in [-0.39, 0.29) is 29.8 Å². The predicted molar refractivity (Wildman–Crippen MR) is 109 cm³/mol. The molecule has 0 radical (unpaired) electrons. The third kappa shape index (κ3) is 7.06. The lowest BCUT2D eigenvalue weighted by atomic mass is 9.70. The summed E-state index contributed by atoms with van der Waals surface area (Å²) in [5, 5.41) is 28.4. The molecule has 5 nitrogen and oxygen atoms in total. The first-order chi connectivity index (χ1) is 13.3. The average molecular weight is 397 g/mol. The summed E-state index contributed by atoms with van der Waals surface area (Å²) in [5.74, 6) is -0.998. The summed E-state index contributed by atoms with van der Waals surface area (Å²) in [4.78, 5) is 22.2. The standard InChI is InChI=1S/C23H40O5/c1-2-3-4-7-18(24)8-5-6-9-19(22(14-15-22)12-10-20(25)26)23(16-17-23)13-11-21(27)28/h18-19,24H,2-17H2,1H3,(H,25,26)(H,27,28). The lowest BCUT2D eigenvalue weighted by Crippen LogP contribution is -2.28. The first-order valence-corrected chi connectivity index (χ1v) is 11.5. The van der Waals surface area contributed by atoms with E-state index in [4.69, 9.17) is 10.2 Å². The van der Waals surface area contributed by atoms with Gasteiger partial charge in [0.1, 0.15) is 0 Å². The second-order valence-electron chi connectivity index (χ2n) is 9.50. The molecule has 0 saturated heterocycles. The quantitative estimate of drug-likeness (QED) is 0.286. The van der Waals surface area contributed by atoms with Crippen LogP contribution in [0.15, 0.2) is 0 Å². The lowest BCUT2D eigenvalue weighted by molar-refractivity contribution is -0.138. The molecule has 5 heteroatoms. The van der Waals surface area contributed by atoms with Crippen molar-refractivity contribution in [1.82, 2.24) is 0 Å².